The molecular weight excluding hydrogens is 394 g/mol. The number of nitro groups is 1. The Morgan fingerprint density at radius 3 is 2.44 bits per heavy atom. The predicted molar refractivity (Wildman–Crippen MR) is 101 cm³/mol. The molecule has 0 radical (unpaired) electrons. The molecule has 1 aromatic carbocycles. The van der Waals surface area contributed by atoms with Gasteiger partial charge in [0.2, 0.25) is 0 Å². The average Bonchev–Trinajstić information content (AvgIpc) is 2.62. The predicted octanol–water partition coefficient (Wildman–Crippen LogP) is 3.33. The number of rotatable bonds is 5. The summed E-state index contributed by atoms with van der Waals surface area (Å²) in [6, 6.07) is 7.76. The summed E-state index contributed by atoms with van der Waals surface area (Å²) in [5, 5.41) is 11.0. The maximum absolute atomic E-state index is 12.4. The zero-order chi connectivity index (χ0) is 19.6. The molecule has 0 atom stereocenters. The van der Waals surface area contributed by atoms with Crippen molar-refractivity contribution >= 4 is 33.2 Å². The zero-order valence-corrected chi connectivity index (χ0v) is 16.1. The molecule has 0 saturated carbocycles. The zero-order valence-electron chi connectivity index (χ0n) is 14.5. The van der Waals surface area contributed by atoms with Crippen LogP contribution >= 0.6 is 11.6 Å². The summed E-state index contributed by atoms with van der Waals surface area (Å²) in [5.41, 5.74) is 0.792. The van der Waals surface area contributed by atoms with Crippen LogP contribution in [0.25, 0.3) is 0 Å². The first-order valence-electron chi connectivity index (χ1n) is 8.31. The number of halogens is 1. The molecule has 2 heterocycles. The van der Waals surface area contributed by atoms with Crippen LogP contribution in [0.15, 0.2) is 41.4 Å². The molecule has 10 heteroatoms. The molecule has 144 valence electrons. The summed E-state index contributed by atoms with van der Waals surface area (Å²) < 4.78 is 30.1. The second kappa shape index (κ2) is 7.79. The summed E-state index contributed by atoms with van der Waals surface area (Å²) in [6.07, 6.45) is 1.66. The maximum atomic E-state index is 12.4. The van der Waals surface area contributed by atoms with Gasteiger partial charge in [0.15, 0.2) is 0 Å². The number of anilines is 1. The van der Waals surface area contributed by atoms with Gasteiger partial charge >= 0.3 is 0 Å². The van der Waals surface area contributed by atoms with Gasteiger partial charge in [0.1, 0.15) is 12.0 Å². The van der Waals surface area contributed by atoms with Gasteiger partial charge in [-0.1, -0.05) is 29.3 Å². The number of pyridine rings is 1. The smallest absolute Gasteiger partial charge is 0.297 e. The highest BCUT2D eigenvalue weighted by molar-refractivity contribution is 7.86. The van der Waals surface area contributed by atoms with E-state index in [1.165, 1.54) is 18.2 Å². The van der Waals surface area contributed by atoms with Crippen molar-refractivity contribution in [3.8, 4) is 0 Å². The lowest BCUT2D eigenvalue weighted by atomic mass is 10.1. The van der Waals surface area contributed by atoms with Crippen molar-refractivity contribution in [2.45, 2.75) is 30.8 Å². The van der Waals surface area contributed by atoms with Crippen molar-refractivity contribution in [3.63, 3.8) is 0 Å². The number of nitrogens with zero attached hydrogens (tertiary/aromatic N) is 3. The van der Waals surface area contributed by atoms with Crippen LogP contribution in [0.4, 0.5) is 11.5 Å². The summed E-state index contributed by atoms with van der Waals surface area (Å²) in [7, 11) is -3.82. The van der Waals surface area contributed by atoms with Gasteiger partial charge in [-0.2, -0.15) is 8.42 Å². The third kappa shape index (κ3) is 4.55. The molecule has 2 aromatic rings. The lowest BCUT2D eigenvalue weighted by Crippen LogP contribution is -2.38. The molecular formula is C17H18ClN3O5S. The summed E-state index contributed by atoms with van der Waals surface area (Å²) >= 11 is 6.11. The Morgan fingerprint density at radius 1 is 1.26 bits per heavy atom. The lowest BCUT2D eigenvalue weighted by molar-refractivity contribution is -0.385. The summed E-state index contributed by atoms with van der Waals surface area (Å²) in [5.74, 6) is 0.446. The molecule has 0 amide bonds. The van der Waals surface area contributed by atoms with Crippen LogP contribution in [0.1, 0.15) is 18.4 Å². The summed E-state index contributed by atoms with van der Waals surface area (Å²) in [4.78, 5) is 16.3. The Kier molecular flexibility index (Phi) is 5.64. The Balaban J connectivity index is 1.64. The average molecular weight is 412 g/mol. The molecule has 1 aromatic heterocycles. The summed E-state index contributed by atoms with van der Waals surface area (Å²) in [6.45, 7) is 2.85. The van der Waals surface area contributed by atoms with E-state index in [9.17, 15) is 18.5 Å². The molecule has 1 aliphatic rings. The van der Waals surface area contributed by atoms with Gasteiger partial charge in [-0.25, -0.2) is 4.98 Å². The molecule has 8 nitrogen and oxygen atoms in total. The van der Waals surface area contributed by atoms with E-state index in [0.717, 1.165) is 11.8 Å². The number of aryl methyl sites for hydroxylation is 1. The minimum Gasteiger partial charge on any atom is -0.355 e. The van der Waals surface area contributed by atoms with Crippen LogP contribution in [0, 0.1) is 17.0 Å². The number of aromatic nitrogens is 1. The SMILES string of the molecule is Cc1ccc(S(=O)(=O)OC2CCN(c3ncc([N+](=O)[O-])cc3Cl)CC2)cc1. The Hall–Kier alpha value is -2.23. The molecule has 0 N–H and O–H groups in total. The van der Waals surface area contributed by atoms with E-state index in [2.05, 4.69) is 4.98 Å². The van der Waals surface area contributed by atoms with E-state index in [-0.39, 0.29) is 15.6 Å². The fraction of sp³-hybridized carbons (Fsp3) is 0.353. The lowest BCUT2D eigenvalue weighted by Gasteiger charge is -2.32. The normalized spacial score (nSPS) is 15.7. The molecule has 0 aliphatic carbocycles. The number of hydrogen-bond acceptors (Lipinski definition) is 7. The van der Waals surface area contributed by atoms with Crippen molar-refractivity contribution in [2.75, 3.05) is 18.0 Å². The first kappa shape index (κ1) is 19.5. The Bertz CT molecular complexity index is 942. The van der Waals surface area contributed by atoms with Crippen LogP contribution in [-0.4, -0.2) is 37.5 Å². The van der Waals surface area contributed by atoms with Crippen LogP contribution in [0.5, 0.6) is 0 Å². The van der Waals surface area contributed by atoms with Gasteiger partial charge in [0.05, 0.1) is 20.9 Å². The Labute approximate surface area is 162 Å². The first-order chi connectivity index (χ1) is 12.8. The van der Waals surface area contributed by atoms with E-state index in [4.69, 9.17) is 15.8 Å². The fourth-order valence-corrected chi connectivity index (χ4v) is 4.27. The topological polar surface area (TPSA) is 103 Å². The maximum Gasteiger partial charge on any atom is 0.297 e. The van der Waals surface area contributed by atoms with Gasteiger partial charge in [-0.05, 0) is 31.9 Å². The van der Waals surface area contributed by atoms with Crippen molar-refractivity contribution in [1.29, 1.82) is 0 Å². The number of benzene rings is 1. The van der Waals surface area contributed by atoms with Gasteiger partial charge in [0, 0.05) is 19.2 Å². The molecule has 1 saturated heterocycles. The number of piperidine rings is 1. The Morgan fingerprint density at radius 2 is 1.89 bits per heavy atom. The van der Waals surface area contributed by atoms with Crippen LogP contribution in [0.2, 0.25) is 5.02 Å². The fourth-order valence-electron chi connectivity index (χ4n) is 2.86. The molecule has 1 aliphatic heterocycles. The highest BCUT2D eigenvalue weighted by atomic mass is 35.5. The highest BCUT2D eigenvalue weighted by Gasteiger charge is 2.28. The minimum absolute atomic E-state index is 0.135. The number of hydrogen-bond donors (Lipinski definition) is 0. The second-order valence-corrected chi connectivity index (χ2v) is 8.29. The molecule has 0 unspecified atom stereocenters. The van der Waals surface area contributed by atoms with E-state index in [1.54, 1.807) is 12.1 Å². The van der Waals surface area contributed by atoms with Crippen LogP contribution in [0.3, 0.4) is 0 Å². The molecule has 0 bridgehead atoms. The highest BCUT2D eigenvalue weighted by Crippen LogP contribution is 2.30. The first-order valence-corrected chi connectivity index (χ1v) is 10.1. The largest absolute Gasteiger partial charge is 0.355 e. The monoisotopic (exact) mass is 411 g/mol. The van der Waals surface area contributed by atoms with E-state index < -0.39 is 21.1 Å². The third-order valence-electron chi connectivity index (χ3n) is 4.33. The van der Waals surface area contributed by atoms with Crippen molar-refractivity contribution in [2.24, 2.45) is 0 Å². The van der Waals surface area contributed by atoms with E-state index in [1.807, 2.05) is 11.8 Å². The van der Waals surface area contributed by atoms with Crippen LogP contribution < -0.4 is 4.90 Å². The quantitative estimate of drug-likeness (QED) is 0.422. The standard InChI is InChI=1S/C17H18ClN3O5S/c1-12-2-4-15(5-3-12)27(24,25)26-14-6-8-20(9-7-14)17-16(18)10-13(11-19-17)21(22)23/h2-5,10-11,14H,6-9H2,1H3. The van der Waals surface area contributed by atoms with E-state index >= 15 is 0 Å². The molecule has 1 fully saturated rings. The van der Waals surface area contributed by atoms with Crippen molar-refractivity contribution in [1.82, 2.24) is 4.98 Å². The van der Waals surface area contributed by atoms with Crippen LogP contribution in [-0.2, 0) is 14.3 Å². The minimum atomic E-state index is -3.82. The molecule has 3 rings (SSSR count). The second-order valence-electron chi connectivity index (χ2n) is 6.31. The van der Waals surface area contributed by atoms with Gasteiger partial charge < -0.3 is 4.90 Å². The van der Waals surface area contributed by atoms with E-state index in [0.29, 0.717) is 31.7 Å². The van der Waals surface area contributed by atoms with Crippen molar-refractivity contribution < 1.29 is 17.5 Å². The van der Waals surface area contributed by atoms with Gasteiger partial charge in [-0.3, -0.25) is 14.3 Å². The van der Waals surface area contributed by atoms with Gasteiger partial charge in [0.25, 0.3) is 15.8 Å². The molecule has 27 heavy (non-hydrogen) atoms. The molecule has 0 spiro atoms. The van der Waals surface area contributed by atoms with Crippen molar-refractivity contribution in [3.05, 3.63) is 57.2 Å². The van der Waals surface area contributed by atoms with Gasteiger partial charge in [-0.15, -0.1) is 0 Å². The third-order valence-corrected chi connectivity index (χ3v) is 5.99.